The Kier molecular flexibility index (Phi) is 18.9. The Morgan fingerprint density at radius 2 is 1.62 bits per heavy atom. The highest BCUT2D eigenvalue weighted by Gasteiger charge is 2.55. The first-order chi connectivity index (χ1) is 31.4. The lowest BCUT2D eigenvalue weighted by Gasteiger charge is -2.44. The van der Waals surface area contributed by atoms with E-state index in [-0.39, 0.29) is 12.5 Å². The first kappa shape index (κ1) is 51.4. The zero-order valence-electron chi connectivity index (χ0n) is 37.0. The molecular weight excluding hydrogens is 871 g/mol. The number of fused-ring (bicyclic) bond motifs is 1. The van der Waals surface area contributed by atoms with Gasteiger partial charge in [0.25, 0.3) is 0 Å². The van der Waals surface area contributed by atoms with Gasteiger partial charge < -0.3 is 99.2 Å². The van der Waals surface area contributed by atoms with Gasteiger partial charge in [0.2, 0.25) is 12.2 Å². The van der Waals surface area contributed by atoms with Crippen molar-refractivity contribution in [1.29, 1.82) is 0 Å². The van der Waals surface area contributed by atoms with Crippen molar-refractivity contribution in [3.8, 4) is 5.75 Å². The molecule has 0 aromatic heterocycles. The molecule has 1 aromatic rings. The lowest BCUT2D eigenvalue weighted by Crippen LogP contribution is -2.69. The van der Waals surface area contributed by atoms with Crippen molar-refractivity contribution in [3.05, 3.63) is 35.9 Å². The van der Waals surface area contributed by atoms with Gasteiger partial charge in [-0.3, -0.25) is 4.79 Å². The van der Waals surface area contributed by atoms with Crippen molar-refractivity contribution in [1.82, 2.24) is 42.1 Å². The van der Waals surface area contributed by atoms with E-state index in [1.165, 1.54) is 6.08 Å². The number of nitrogens with two attached hydrogens (primary N) is 4. The normalized spacial score (nSPS) is 30.8. The monoisotopic (exact) mass is 935 g/mol. The molecule has 1 aromatic carbocycles. The van der Waals surface area contributed by atoms with Gasteiger partial charge in [-0.05, 0) is 69.6 Å². The summed E-state index contributed by atoms with van der Waals surface area (Å²) < 4.78 is 29.4. The number of unbranched alkanes of at least 4 members (excludes halogenated alkanes) is 1. The third-order valence-corrected chi connectivity index (χ3v) is 11.1. The van der Waals surface area contributed by atoms with Gasteiger partial charge >= 0.3 is 24.1 Å². The fraction of sp³-hybridized carbons (Fsp3) is 0.650. The molecule has 26 nitrogen and oxygen atoms in total. The molecule has 66 heavy (non-hydrogen) atoms. The molecule has 4 fully saturated rings. The summed E-state index contributed by atoms with van der Waals surface area (Å²) in [6.45, 7) is 8.33. The second kappa shape index (κ2) is 24.3. The van der Waals surface area contributed by atoms with Crippen LogP contribution in [0.3, 0.4) is 0 Å². The van der Waals surface area contributed by atoms with Gasteiger partial charge in [0.05, 0.1) is 37.5 Å². The molecule has 5 rings (SSSR count). The lowest BCUT2D eigenvalue weighted by molar-refractivity contribution is -0.268. The van der Waals surface area contributed by atoms with Crippen LogP contribution in [0.5, 0.6) is 5.75 Å². The number of nitrogens with one attached hydrogen (secondary N) is 7. The molecule has 4 saturated heterocycles. The molecule has 0 saturated carbocycles. The predicted octanol–water partition coefficient (Wildman–Crippen LogP) is -3.93. The third-order valence-electron chi connectivity index (χ3n) is 11.1. The van der Waals surface area contributed by atoms with Gasteiger partial charge in [-0.1, -0.05) is 26.0 Å². The number of aliphatic imine (C=N–C) groups is 1. The van der Waals surface area contributed by atoms with Crippen LogP contribution in [-0.4, -0.2) is 181 Å². The maximum absolute atomic E-state index is 13.5. The summed E-state index contributed by atoms with van der Waals surface area (Å²) in [6, 6.07) is -3.03. The highest BCUT2D eigenvalue weighted by atomic mass is 16.7. The zero-order chi connectivity index (χ0) is 48.1. The van der Waals surface area contributed by atoms with E-state index in [1.54, 1.807) is 37.3 Å². The number of hydrogen-bond acceptors (Lipinski definition) is 16. The average Bonchev–Trinajstić information content (AvgIpc) is 3.62. The number of primary amides is 2. The van der Waals surface area contributed by atoms with Crippen LogP contribution in [0.15, 0.2) is 35.3 Å². The highest BCUT2D eigenvalue weighted by Crippen LogP contribution is 2.30. The molecule has 4 aliphatic rings. The number of aliphatic hydroxyl groups excluding tert-OH is 3. The maximum Gasteiger partial charge on any atom is 0.326 e. The molecular formula is C40H65N13O13. The molecule has 0 spiro atoms. The molecule has 26 heteroatoms. The van der Waals surface area contributed by atoms with E-state index in [2.05, 4.69) is 56.1 Å². The minimum absolute atomic E-state index is 0.232. The number of hydrogen-bond donors (Lipinski definition) is 14. The number of guanidine groups is 1. The van der Waals surface area contributed by atoms with Gasteiger partial charge in [-0.15, -0.1) is 0 Å². The predicted molar refractivity (Wildman–Crippen MR) is 235 cm³/mol. The van der Waals surface area contributed by atoms with E-state index in [9.17, 15) is 39.3 Å². The largest absolute Gasteiger partial charge is 0.462 e. The first-order valence-corrected chi connectivity index (χ1v) is 21.8. The van der Waals surface area contributed by atoms with Crippen LogP contribution in [0.1, 0.15) is 45.6 Å². The van der Waals surface area contributed by atoms with E-state index in [0.717, 1.165) is 38.9 Å². The van der Waals surface area contributed by atoms with E-state index in [1.807, 2.05) is 0 Å². The third kappa shape index (κ3) is 14.2. The van der Waals surface area contributed by atoms with E-state index < -0.39 is 116 Å². The Morgan fingerprint density at radius 1 is 0.909 bits per heavy atom. The topological polar surface area (TPSA) is 396 Å². The fourth-order valence-electron chi connectivity index (χ4n) is 7.83. The van der Waals surface area contributed by atoms with Crippen molar-refractivity contribution in [2.75, 3.05) is 39.4 Å². The Morgan fingerprint density at radius 3 is 2.30 bits per heavy atom. The van der Waals surface area contributed by atoms with Crippen LogP contribution < -0.4 is 64.9 Å². The van der Waals surface area contributed by atoms with Crippen molar-refractivity contribution >= 4 is 42.1 Å². The molecule has 0 unspecified atom stereocenters. The summed E-state index contributed by atoms with van der Waals surface area (Å²) in [5.74, 6) is -0.317. The summed E-state index contributed by atoms with van der Waals surface area (Å²) in [6.07, 6.45) is -4.60. The second-order valence-corrected chi connectivity index (χ2v) is 16.5. The molecule has 9 amide bonds. The molecule has 18 N–H and O–H groups in total. The number of nitrogens with zero attached hydrogens (tertiary/aromatic N) is 2. The summed E-state index contributed by atoms with van der Waals surface area (Å²) in [7, 11) is 0. The van der Waals surface area contributed by atoms with Crippen LogP contribution in [0, 0.1) is 0 Å². The number of benzene rings is 1. The Hall–Kier alpha value is -5.58. The van der Waals surface area contributed by atoms with Gasteiger partial charge in [-0.2, -0.15) is 0 Å². The van der Waals surface area contributed by atoms with Crippen LogP contribution in [0.2, 0.25) is 0 Å². The standard InChI is InChI=1S/C40H65N13O13/c1-19(2)46-15-5-4-13-45-14-6-16-47-25(55)12-9-21-7-10-22(11-8-21)65-34-29(48-36(41)42)32(57)26(20(3)64-34)50-39(60)52-33-28(49-37(43)58)31(56)24(18-62-33)66-35-30-27(23(54)17-63-35)51-40(61)53(30)38(44)59/h7-12,19-20,23-24,26-35,45-46,54,56-57H,4-6,13-18H2,1-3H3,(H2,44,59)(H,47,55)(H,51,61)(H4,41,42,48)(H3,43,49,58)(H2,50,52,60)/b12-9+/t20-,23+,24-,26-,27-,28-,29-,30+,31+,32+,33+,34-,35-/m1/s1. The molecule has 13 atom stereocenters. The molecule has 4 heterocycles. The Labute approximate surface area is 381 Å². The lowest BCUT2D eigenvalue weighted by atomic mass is 9.95. The summed E-state index contributed by atoms with van der Waals surface area (Å²) in [5, 5.41) is 52.7. The van der Waals surface area contributed by atoms with Crippen molar-refractivity contribution in [2.45, 2.75) is 126 Å². The van der Waals surface area contributed by atoms with Crippen LogP contribution in [0.4, 0.5) is 19.2 Å². The minimum atomic E-state index is -1.64. The number of rotatable bonds is 20. The highest BCUT2D eigenvalue weighted by molar-refractivity contribution is 5.95. The first-order valence-electron chi connectivity index (χ1n) is 21.8. The maximum atomic E-state index is 13.5. The summed E-state index contributed by atoms with van der Waals surface area (Å²) in [4.78, 5) is 67.1. The van der Waals surface area contributed by atoms with Crippen molar-refractivity contribution < 1.29 is 63.0 Å². The summed E-state index contributed by atoms with van der Waals surface area (Å²) >= 11 is 0. The van der Waals surface area contributed by atoms with Crippen LogP contribution in [-0.2, 0) is 23.7 Å². The number of imide groups is 1. The second-order valence-electron chi connectivity index (χ2n) is 16.5. The van der Waals surface area contributed by atoms with Gasteiger partial charge in [0.1, 0.15) is 42.2 Å². The number of carbonyl (C=O) groups is 5. The molecule has 0 bridgehead atoms. The fourth-order valence-corrected chi connectivity index (χ4v) is 7.83. The Balaban J connectivity index is 1.12. The van der Waals surface area contributed by atoms with Gasteiger partial charge in [0, 0.05) is 18.7 Å². The number of carbonyl (C=O) groups excluding carboxylic acids is 5. The van der Waals surface area contributed by atoms with Crippen molar-refractivity contribution in [2.24, 2.45) is 27.9 Å². The Bertz CT molecular complexity index is 1860. The number of amides is 9. The number of urea groups is 4. The average molecular weight is 936 g/mol. The SMILES string of the molecule is CC(C)NCCCCNCCCNC(=O)/C=C/c1ccc(O[C@H]2O[C@H](C)[C@@H](NC(=O)N[C@H]3OC[C@@H](O[C@H]4OC[C@H](O)[C@H]5NC(=O)N(C(N)=O)[C@H]45)[C@H](O)[C@H]3NC(N)=O)[C@H](O)[C@H]2N=C(N)N)cc1. The van der Waals surface area contributed by atoms with Gasteiger partial charge in [0.15, 0.2) is 18.5 Å². The molecule has 368 valence electrons. The number of ether oxygens (including phenoxy) is 5. The molecule has 4 aliphatic heterocycles. The van der Waals surface area contributed by atoms with Crippen molar-refractivity contribution in [3.63, 3.8) is 0 Å². The van der Waals surface area contributed by atoms with E-state index in [4.69, 9.17) is 46.6 Å². The molecule has 0 aliphatic carbocycles. The summed E-state index contributed by atoms with van der Waals surface area (Å²) in [5.41, 5.74) is 22.9. The van der Waals surface area contributed by atoms with E-state index in [0.29, 0.717) is 28.8 Å². The van der Waals surface area contributed by atoms with Crippen LogP contribution >= 0.6 is 0 Å². The molecule has 0 radical (unpaired) electrons. The minimum Gasteiger partial charge on any atom is -0.462 e. The number of aliphatic hydroxyl groups is 3. The van der Waals surface area contributed by atoms with Crippen LogP contribution in [0.25, 0.3) is 6.08 Å². The zero-order valence-corrected chi connectivity index (χ0v) is 37.0. The quantitative estimate of drug-likeness (QED) is 0.0257. The smallest absolute Gasteiger partial charge is 0.326 e. The van der Waals surface area contributed by atoms with Gasteiger partial charge in [-0.25, -0.2) is 29.1 Å². The van der Waals surface area contributed by atoms with E-state index >= 15 is 0 Å².